The summed E-state index contributed by atoms with van der Waals surface area (Å²) in [4.78, 5) is 16.1. The molecule has 0 amide bonds. The first kappa shape index (κ1) is 19.5. The molecule has 1 atom stereocenters. The Morgan fingerprint density at radius 2 is 1.63 bits per heavy atom. The van der Waals surface area contributed by atoms with E-state index in [2.05, 4.69) is 53.9 Å². The zero-order valence-corrected chi connectivity index (χ0v) is 18.5. The Kier molecular flexibility index (Phi) is 5.21. The highest BCUT2D eigenvalue weighted by Gasteiger charge is 2.37. The molecule has 3 heterocycles. The largest absolute Gasteiger partial charge is 0.363 e. The fourth-order valence-electron chi connectivity index (χ4n) is 4.97. The summed E-state index contributed by atoms with van der Waals surface area (Å²) in [7, 11) is 4.07. The van der Waals surface area contributed by atoms with E-state index in [0.717, 1.165) is 62.1 Å². The molecule has 30 heavy (non-hydrogen) atoms. The van der Waals surface area contributed by atoms with E-state index in [9.17, 15) is 0 Å². The molecule has 2 aromatic rings. The maximum absolute atomic E-state index is 4.64. The third-order valence-corrected chi connectivity index (χ3v) is 6.87. The van der Waals surface area contributed by atoms with Gasteiger partial charge in [0.05, 0.1) is 5.69 Å². The Hall–Kier alpha value is -2.44. The molecule has 2 fully saturated rings. The normalized spacial score (nSPS) is 22.0. The zero-order chi connectivity index (χ0) is 20.7. The van der Waals surface area contributed by atoms with Gasteiger partial charge in [0.25, 0.3) is 0 Å². The maximum atomic E-state index is 4.64. The fraction of sp³-hybridized carbons (Fsp3) is 0.652. The van der Waals surface area contributed by atoms with Crippen LogP contribution in [0.4, 0.5) is 17.5 Å². The first-order chi connectivity index (χ1) is 14.6. The van der Waals surface area contributed by atoms with Gasteiger partial charge in [-0.1, -0.05) is 6.92 Å². The van der Waals surface area contributed by atoms with Gasteiger partial charge in [-0.3, -0.25) is 0 Å². The Morgan fingerprint density at radius 3 is 2.37 bits per heavy atom. The summed E-state index contributed by atoms with van der Waals surface area (Å²) in [5, 5.41) is 9.15. The van der Waals surface area contributed by atoms with Gasteiger partial charge in [0.2, 0.25) is 0 Å². The van der Waals surface area contributed by atoms with Crippen LogP contribution in [-0.4, -0.2) is 59.4 Å². The molecular formula is C23H33N7. The average molecular weight is 408 g/mol. The molecule has 2 aromatic heterocycles. The smallest absolute Gasteiger partial charge is 0.151 e. The molecule has 3 aliphatic rings. The van der Waals surface area contributed by atoms with E-state index in [4.69, 9.17) is 0 Å². The minimum Gasteiger partial charge on any atom is -0.363 e. The molecule has 1 saturated heterocycles. The summed E-state index contributed by atoms with van der Waals surface area (Å²) in [6.45, 7) is 4.40. The minimum atomic E-state index is 0.532. The molecule has 1 unspecified atom stereocenters. The molecule has 7 heteroatoms. The number of piperidine rings is 1. The first-order valence-corrected chi connectivity index (χ1v) is 11.5. The van der Waals surface area contributed by atoms with Crippen LogP contribution in [0.5, 0.6) is 0 Å². The lowest BCUT2D eigenvalue weighted by Crippen LogP contribution is -2.46. The predicted octanol–water partition coefficient (Wildman–Crippen LogP) is 3.10. The summed E-state index contributed by atoms with van der Waals surface area (Å²) in [6, 6.07) is 5.62. The highest BCUT2D eigenvalue weighted by atomic mass is 15.3. The molecule has 0 radical (unpaired) electrons. The second-order valence-corrected chi connectivity index (χ2v) is 9.51. The number of aryl methyl sites for hydroxylation is 1. The van der Waals surface area contributed by atoms with Crippen LogP contribution in [0.25, 0.3) is 0 Å². The Labute approximate surface area is 179 Å². The van der Waals surface area contributed by atoms with Crippen molar-refractivity contribution in [3.8, 4) is 0 Å². The summed E-state index contributed by atoms with van der Waals surface area (Å²) in [5.74, 6) is 3.88. The highest BCUT2D eigenvalue weighted by Crippen LogP contribution is 2.36. The second kappa shape index (κ2) is 8.00. The minimum absolute atomic E-state index is 0.532. The topological polar surface area (TPSA) is 61.3 Å². The standard InChI is InChI=1S/C23H33N7/c1-16-4-7-20-17(12-16)13-23(27-26-20)29-10-8-19(9-11-29)30(18-5-6-18)22-14-21(28(2)3)24-15-25-22/h13-16,18-19H,4-12H2,1-3H3. The van der Waals surface area contributed by atoms with Crippen LogP contribution in [0.15, 0.2) is 18.5 Å². The summed E-state index contributed by atoms with van der Waals surface area (Å²) >= 11 is 0. The van der Waals surface area contributed by atoms with Crippen molar-refractivity contribution in [2.45, 2.75) is 64.0 Å². The fourth-order valence-corrected chi connectivity index (χ4v) is 4.97. The second-order valence-electron chi connectivity index (χ2n) is 9.51. The lowest BCUT2D eigenvalue weighted by atomic mass is 9.88. The SMILES string of the molecule is CC1CCc2nnc(N3CCC(N(c4cc(N(C)C)ncn4)C4CC4)CC3)cc2C1. The molecule has 0 aromatic carbocycles. The lowest BCUT2D eigenvalue weighted by molar-refractivity contribution is 0.454. The number of nitrogens with zero attached hydrogens (tertiary/aromatic N) is 7. The van der Waals surface area contributed by atoms with Crippen molar-refractivity contribution >= 4 is 17.5 Å². The van der Waals surface area contributed by atoms with E-state index in [1.165, 1.54) is 30.5 Å². The van der Waals surface area contributed by atoms with Gasteiger partial charge >= 0.3 is 0 Å². The van der Waals surface area contributed by atoms with E-state index in [1.807, 2.05) is 14.1 Å². The average Bonchev–Trinajstić information content (AvgIpc) is 3.59. The van der Waals surface area contributed by atoms with Gasteiger partial charge in [-0.15, -0.1) is 5.10 Å². The number of anilines is 3. The van der Waals surface area contributed by atoms with Crippen molar-refractivity contribution in [2.24, 2.45) is 5.92 Å². The Morgan fingerprint density at radius 1 is 0.900 bits per heavy atom. The van der Waals surface area contributed by atoms with Crippen molar-refractivity contribution in [3.63, 3.8) is 0 Å². The maximum Gasteiger partial charge on any atom is 0.151 e. The molecule has 0 N–H and O–H groups in total. The van der Waals surface area contributed by atoms with Gasteiger partial charge in [-0.2, -0.15) is 5.10 Å². The van der Waals surface area contributed by atoms with Crippen LogP contribution in [0.3, 0.4) is 0 Å². The van der Waals surface area contributed by atoms with E-state index in [1.54, 1.807) is 6.33 Å². The van der Waals surface area contributed by atoms with E-state index < -0.39 is 0 Å². The van der Waals surface area contributed by atoms with Crippen molar-refractivity contribution in [3.05, 3.63) is 29.7 Å². The molecule has 160 valence electrons. The number of hydrogen-bond acceptors (Lipinski definition) is 7. The van der Waals surface area contributed by atoms with Gasteiger partial charge in [-0.05, 0) is 62.5 Å². The van der Waals surface area contributed by atoms with Crippen LogP contribution >= 0.6 is 0 Å². The molecule has 1 aliphatic heterocycles. The monoisotopic (exact) mass is 407 g/mol. The van der Waals surface area contributed by atoms with Crippen LogP contribution in [-0.2, 0) is 12.8 Å². The molecule has 7 nitrogen and oxygen atoms in total. The van der Waals surface area contributed by atoms with Gasteiger partial charge in [-0.25, -0.2) is 9.97 Å². The van der Waals surface area contributed by atoms with Crippen molar-refractivity contribution in [1.29, 1.82) is 0 Å². The third kappa shape index (κ3) is 3.94. The predicted molar refractivity (Wildman–Crippen MR) is 120 cm³/mol. The van der Waals surface area contributed by atoms with Crippen LogP contribution in [0, 0.1) is 5.92 Å². The van der Waals surface area contributed by atoms with E-state index >= 15 is 0 Å². The number of fused-ring (bicyclic) bond motifs is 1. The van der Waals surface area contributed by atoms with Crippen molar-refractivity contribution in [2.75, 3.05) is 41.9 Å². The van der Waals surface area contributed by atoms with E-state index in [0.29, 0.717) is 12.1 Å². The van der Waals surface area contributed by atoms with Gasteiger partial charge in [0.1, 0.15) is 18.0 Å². The van der Waals surface area contributed by atoms with Crippen LogP contribution < -0.4 is 14.7 Å². The summed E-state index contributed by atoms with van der Waals surface area (Å²) in [5.41, 5.74) is 2.63. The molecule has 2 aliphatic carbocycles. The highest BCUT2D eigenvalue weighted by molar-refractivity contribution is 5.52. The molecule has 0 spiro atoms. The third-order valence-electron chi connectivity index (χ3n) is 6.87. The zero-order valence-electron chi connectivity index (χ0n) is 18.5. The number of aromatic nitrogens is 4. The van der Waals surface area contributed by atoms with Crippen molar-refractivity contribution in [1.82, 2.24) is 20.2 Å². The molecule has 1 saturated carbocycles. The Bertz CT molecular complexity index is 887. The van der Waals surface area contributed by atoms with E-state index in [-0.39, 0.29) is 0 Å². The lowest BCUT2D eigenvalue weighted by Gasteiger charge is -2.40. The summed E-state index contributed by atoms with van der Waals surface area (Å²) in [6.07, 6.45) is 9.98. The van der Waals surface area contributed by atoms with Gasteiger partial charge < -0.3 is 14.7 Å². The molecular weight excluding hydrogens is 374 g/mol. The van der Waals surface area contributed by atoms with Crippen LogP contribution in [0.2, 0.25) is 0 Å². The Balaban J connectivity index is 1.29. The first-order valence-electron chi connectivity index (χ1n) is 11.5. The summed E-state index contributed by atoms with van der Waals surface area (Å²) < 4.78 is 0. The van der Waals surface area contributed by atoms with Crippen molar-refractivity contribution < 1.29 is 0 Å². The number of hydrogen-bond donors (Lipinski definition) is 0. The number of rotatable bonds is 5. The van der Waals surface area contributed by atoms with Crippen LogP contribution in [0.1, 0.15) is 50.3 Å². The molecule has 0 bridgehead atoms. The van der Waals surface area contributed by atoms with Gasteiger partial charge in [0.15, 0.2) is 5.82 Å². The quantitative estimate of drug-likeness (QED) is 0.755. The van der Waals surface area contributed by atoms with Gasteiger partial charge in [0, 0.05) is 45.3 Å². The molecule has 5 rings (SSSR count).